The van der Waals surface area contributed by atoms with Crippen molar-refractivity contribution < 1.29 is 19.1 Å². The molecule has 2 rings (SSSR count). The molecule has 0 spiro atoms. The van der Waals surface area contributed by atoms with Gasteiger partial charge in [-0.3, -0.25) is 9.59 Å². The highest BCUT2D eigenvalue weighted by Gasteiger charge is 2.11. The third-order valence-electron chi connectivity index (χ3n) is 3.85. The molecule has 2 N–H and O–H groups in total. The average molecular weight is 482 g/mol. The first-order valence-corrected chi connectivity index (χ1v) is 10.0. The molecule has 0 saturated carbocycles. The molecule has 0 bridgehead atoms. The quantitative estimate of drug-likeness (QED) is 0.541. The van der Waals surface area contributed by atoms with Crippen LogP contribution >= 0.6 is 27.5 Å². The molecule has 0 radical (unpaired) electrons. The zero-order valence-corrected chi connectivity index (χ0v) is 18.7. The molecule has 0 aliphatic carbocycles. The standard InChI is InChI=1S/C21H22BrClN2O4/c1-4-29-18-11-14(10-16(23)21(18)28-3)5-8-19(26)24-12-20(27)25-17-7-6-15(22)9-13(17)2/h5-11H,4,12H2,1-3H3,(H,24,26)(H,25,27)/b8-5+. The van der Waals surface area contributed by atoms with Crippen molar-refractivity contribution in [2.45, 2.75) is 13.8 Å². The van der Waals surface area contributed by atoms with Gasteiger partial charge in [0, 0.05) is 16.2 Å². The summed E-state index contributed by atoms with van der Waals surface area (Å²) in [5, 5.41) is 5.68. The smallest absolute Gasteiger partial charge is 0.244 e. The summed E-state index contributed by atoms with van der Waals surface area (Å²) in [4.78, 5) is 24.1. The Morgan fingerprint density at radius 3 is 2.66 bits per heavy atom. The number of amides is 2. The van der Waals surface area contributed by atoms with Crippen LogP contribution in [-0.4, -0.2) is 32.1 Å². The summed E-state index contributed by atoms with van der Waals surface area (Å²) >= 11 is 9.57. The second-order valence-electron chi connectivity index (χ2n) is 6.03. The SMILES string of the molecule is CCOc1cc(/C=C/C(=O)NCC(=O)Nc2ccc(Br)cc2C)cc(Cl)c1OC. The van der Waals surface area contributed by atoms with E-state index in [1.807, 2.05) is 26.0 Å². The van der Waals surface area contributed by atoms with Gasteiger partial charge in [-0.15, -0.1) is 0 Å². The van der Waals surface area contributed by atoms with Gasteiger partial charge in [0.1, 0.15) is 0 Å². The average Bonchev–Trinajstić information content (AvgIpc) is 2.67. The van der Waals surface area contributed by atoms with Gasteiger partial charge in [0.25, 0.3) is 0 Å². The highest BCUT2D eigenvalue weighted by atomic mass is 79.9. The van der Waals surface area contributed by atoms with E-state index in [9.17, 15) is 9.59 Å². The Morgan fingerprint density at radius 2 is 2.00 bits per heavy atom. The fourth-order valence-electron chi connectivity index (χ4n) is 2.51. The Labute approximate surface area is 183 Å². The molecule has 2 aromatic carbocycles. The molecule has 0 unspecified atom stereocenters. The molecule has 0 atom stereocenters. The van der Waals surface area contributed by atoms with E-state index in [2.05, 4.69) is 26.6 Å². The molecule has 154 valence electrons. The number of hydrogen-bond acceptors (Lipinski definition) is 4. The van der Waals surface area contributed by atoms with E-state index in [-0.39, 0.29) is 12.5 Å². The summed E-state index contributed by atoms with van der Waals surface area (Å²) in [5.74, 6) is 0.211. The lowest BCUT2D eigenvalue weighted by atomic mass is 10.2. The molecule has 8 heteroatoms. The Kier molecular flexibility index (Phi) is 8.54. The molecular weight excluding hydrogens is 460 g/mol. The van der Waals surface area contributed by atoms with Crippen LogP contribution in [0.1, 0.15) is 18.1 Å². The van der Waals surface area contributed by atoms with E-state index in [1.54, 1.807) is 24.3 Å². The first-order valence-electron chi connectivity index (χ1n) is 8.86. The summed E-state index contributed by atoms with van der Waals surface area (Å²) in [6, 6.07) is 8.91. The van der Waals surface area contributed by atoms with Crippen LogP contribution in [0.25, 0.3) is 6.08 Å². The predicted molar refractivity (Wildman–Crippen MR) is 119 cm³/mol. The maximum Gasteiger partial charge on any atom is 0.244 e. The number of methoxy groups -OCH3 is 1. The second kappa shape index (κ2) is 10.9. The van der Waals surface area contributed by atoms with Gasteiger partial charge < -0.3 is 20.1 Å². The van der Waals surface area contributed by atoms with Crippen LogP contribution in [0.4, 0.5) is 5.69 Å². The third kappa shape index (κ3) is 6.80. The maximum atomic E-state index is 12.1. The predicted octanol–water partition coefficient (Wildman–Crippen LogP) is 4.59. The number of aryl methyl sites for hydroxylation is 1. The minimum atomic E-state index is -0.405. The molecule has 0 aliphatic heterocycles. The van der Waals surface area contributed by atoms with E-state index < -0.39 is 5.91 Å². The molecule has 0 fully saturated rings. The topological polar surface area (TPSA) is 76.7 Å². The first kappa shape index (κ1) is 22.8. The van der Waals surface area contributed by atoms with Crippen molar-refractivity contribution in [1.29, 1.82) is 0 Å². The Balaban J connectivity index is 1.94. The highest BCUT2D eigenvalue weighted by Crippen LogP contribution is 2.36. The molecule has 6 nitrogen and oxygen atoms in total. The number of benzene rings is 2. The van der Waals surface area contributed by atoms with Gasteiger partial charge in [-0.2, -0.15) is 0 Å². The minimum Gasteiger partial charge on any atom is -0.491 e. The van der Waals surface area contributed by atoms with Crippen LogP contribution in [0.2, 0.25) is 5.02 Å². The molecule has 29 heavy (non-hydrogen) atoms. The van der Waals surface area contributed by atoms with Crippen molar-refractivity contribution in [3.05, 3.63) is 57.0 Å². The van der Waals surface area contributed by atoms with Crippen LogP contribution in [-0.2, 0) is 9.59 Å². The summed E-state index contributed by atoms with van der Waals surface area (Å²) in [5.41, 5.74) is 2.28. The number of ether oxygens (including phenoxy) is 2. The van der Waals surface area contributed by atoms with E-state index in [0.29, 0.717) is 34.4 Å². The first-order chi connectivity index (χ1) is 13.8. The lowest BCUT2D eigenvalue weighted by Crippen LogP contribution is -2.31. The summed E-state index contributed by atoms with van der Waals surface area (Å²) in [7, 11) is 1.51. The van der Waals surface area contributed by atoms with Crippen LogP contribution in [0.5, 0.6) is 11.5 Å². The Bertz CT molecular complexity index is 931. The second-order valence-corrected chi connectivity index (χ2v) is 7.35. The minimum absolute atomic E-state index is 0.147. The molecule has 0 aliphatic rings. The molecule has 0 heterocycles. The molecule has 0 aromatic heterocycles. The number of hydrogen-bond donors (Lipinski definition) is 2. The van der Waals surface area contributed by atoms with Gasteiger partial charge in [-0.05, 0) is 61.4 Å². The summed E-state index contributed by atoms with van der Waals surface area (Å²) in [6.07, 6.45) is 2.91. The van der Waals surface area contributed by atoms with Crippen molar-refractivity contribution in [2.75, 3.05) is 25.6 Å². The third-order valence-corrected chi connectivity index (χ3v) is 4.62. The molecule has 2 aromatic rings. The van der Waals surface area contributed by atoms with Gasteiger partial charge >= 0.3 is 0 Å². The normalized spacial score (nSPS) is 10.7. The number of carbonyl (C=O) groups excluding carboxylic acids is 2. The van der Waals surface area contributed by atoms with E-state index >= 15 is 0 Å². The number of halogens is 2. The lowest BCUT2D eigenvalue weighted by Gasteiger charge is -2.11. The van der Waals surface area contributed by atoms with E-state index in [1.165, 1.54) is 13.2 Å². The lowest BCUT2D eigenvalue weighted by molar-refractivity contribution is -0.121. The van der Waals surface area contributed by atoms with Crippen LogP contribution < -0.4 is 20.1 Å². The van der Waals surface area contributed by atoms with Gasteiger partial charge in [0.05, 0.1) is 25.3 Å². The molecule has 2 amide bonds. The van der Waals surface area contributed by atoms with Gasteiger partial charge in [0.2, 0.25) is 11.8 Å². The molecule has 0 saturated heterocycles. The summed E-state index contributed by atoms with van der Waals surface area (Å²) < 4.78 is 11.7. The largest absolute Gasteiger partial charge is 0.491 e. The molecular formula is C21H22BrClN2O4. The zero-order chi connectivity index (χ0) is 21.4. The monoisotopic (exact) mass is 480 g/mol. The van der Waals surface area contributed by atoms with Crippen molar-refractivity contribution in [1.82, 2.24) is 5.32 Å². The van der Waals surface area contributed by atoms with E-state index in [4.69, 9.17) is 21.1 Å². The van der Waals surface area contributed by atoms with Crippen molar-refractivity contribution in [2.24, 2.45) is 0 Å². The number of nitrogens with one attached hydrogen (secondary N) is 2. The maximum absolute atomic E-state index is 12.1. The van der Waals surface area contributed by atoms with Gasteiger partial charge in [-0.25, -0.2) is 0 Å². The van der Waals surface area contributed by atoms with E-state index in [0.717, 1.165) is 10.0 Å². The number of carbonyl (C=O) groups is 2. The van der Waals surface area contributed by atoms with Crippen molar-refractivity contribution in [3.8, 4) is 11.5 Å². The van der Waals surface area contributed by atoms with Gasteiger partial charge in [-0.1, -0.05) is 27.5 Å². The van der Waals surface area contributed by atoms with Crippen LogP contribution in [0.3, 0.4) is 0 Å². The van der Waals surface area contributed by atoms with Crippen LogP contribution in [0.15, 0.2) is 40.9 Å². The number of rotatable bonds is 8. The highest BCUT2D eigenvalue weighted by molar-refractivity contribution is 9.10. The van der Waals surface area contributed by atoms with Gasteiger partial charge in [0.15, 0.2) is 11.5 Å². The summed E-state index contributed by atoms with van der Waals surface area (Å²) in [6.45, 7) is 4.04. The van der Waals surface area contributed by atoms with Crippen molar-refractivity contribution in [3.63, 3.8) is 0 Å². The Morgan fingerprint density at radius 1 is 1.24 bits per heavy atom. The fourth-order valence-corrected chi connectivity index (χ4v) is 3.28. The van der Waals surface area contributed by atoms with Crippen molar-refractivity contribution >= 4 is 51.1 Å². The Hall–Kier alpha value is -2.51. The number of anilines is 1. The fraction of sp³-hybridized carbons (Fsp3) is 0.238. The zero-order valence-electron chi connectivity index (χ0n) is 16.3. The van der Waals surface area contributed by atoms with Crippen LogP contribution in [0, 0.1) is 6.92 Å².